The number of hydrogen-bond donors (Lipinski definition) is 0. The van der Waals surface area contributed by atoms with Crippen LogP contribution in [0.5, 0.6) is 5.75 Å². The Morgan fingerprint density at radius 3 is 2.46 bits per heavy atom. The summed E-state index contributed by atoms with van der Waals surface area (Å²) in [6.07, 6.45) is 2.42. The van der Waals surface area contributed by atoms with E-state index in [1.54, 1.807) is 7.11 Å². The van der Waals surface area contributed by atoms with Crippen LogP contribution < -0.4 is 9.64 Å². The highest BCUT2D eigenvalue weighted by atomic mass is 16.5. The molecule has 0 radical (unpaired) electrons. The van der Waals surface area contributed by atoms with Gasteiger partial charge >= 0.3 is 0 Å². The molecule has 1 aliphatic rings. The Balaban J connectivity index is 1.40. The summed E-state index contributed by atoms with van der Waals surface area (Å²) in [6.45, 7) is 7.49. The summed E-state index contributed by atoms with van der Waals surface area (Å²) in [6, 6.07) is 11.9. The predicted molar refractivity (Wildman–Crippen MR) is 108 cm³/mol. The Kier molecular flexibility index (Phi) is 5.53. The largest absolute Gasteiger partial charge is 0.497 e. The first-order chi connectivity index (χ1) is 13.7. The number of pyridine rings is 1. The first-order valence-electron chi connectivity index (χ1n) is 9.64. The summed E-state index contributed by atoms with van der Waals surface area (Å²) in [4.78, 5) is 13.9. The van der Waals surface area contributed by atoms with Gasteiger partial charge in [-0.05, 0) is 36.4 Å². The number of aromatic nitrogens is 3. The lowest BCUT2D eigenvalue weighted by molar-refractivity contribution is 0.270. The Bertz CT molecular complexity index is 884. The Morgan fingerprint density at radius 2 is 1.82 bits per heavy atom. The Morgan fingerprint density at radius 1 is 1.04 bits per heavy atom. The van der Waals surface area contributed by atoms with Crippen molar-refractivity contribution in [3.8, 4) is 17.2 Å². The van der Waals surface area contributed by atoms with E-state index in [2.05, 4.69) is 31.8 Å². The van der Waals surface area contributed by atoms with Crippen molar-refractivity contribution in [3.63, 3.8) is 0 Å². The van der Waals surface area contributed by atoms with E-state index >= 15 is 0 Å². The van der Waals surface area contributed by atoms with Gasteiger partial charge < -0.3 is 19.1 Å². The van der Waals surface area contributed by atoms with Crippen LogP contribution >= 0.6 is 0 Å². The molecule has 0 spiro atoms. The number of rotatable bonds is 6. The topological polar surface area (TPSA) is 67.5 Å². The third-order valence-electron chi connectivity index (χ3n) is 5.13. The van der Waals surface area contributed by atoms with Crippen LogP contribution in [0.25, 0.3) is 11.5 Å². The molecule has 0 amide bonds. The van der Waals surface area contributed by atoms with Gasteiger partial charge in [-0.1, -0.05) is 24.2 Å². The zero-order chi connectivity index (χ0) is 19.3. The van der Waals surface area contributed by atoms with Crippen LogP contribution in [-0.4, -0.2) is 59.9 Å². The predicted octanol–water partition coefficient (Wildman–Crippen LogP) is 2.87. The van der Waals surface area contributed by atoms with Crippen LogP contribution in [0.3, 0.4) is 0 Å². The molecule has 1 aromatic carbocycles. The molecule has 7 nitrogen and oxygen atoms in total. The van der Waals surface area contributed by atoms with E-state index < -0.39 is 0 Å². The van der Waals surface area contributed by atoms with Gasteiger partial charge in [-0.3, -0.25) is 0 Å². The summed E-state index contributed by atoms with van der Waals surface area (Å²) >= 11 is 0. The summed E-state index contributed by atoms with van der Waals surface area (Å²) < 4.78 is 10.6. The highest BCUT2D eigenvalue weighted by molar-refractivity contribution is 5.55. The summed E-state index contributed by atoms with van der Waals surface area (Å²) in [5.41, 5.74) is 1.94. The third kappa shape index (κ3) is 4.14. The Labute approximate surface area is 164 Å². The lowest BCUT2D eigenvalue weighted by atomic mass is 10.1. The summed E-state index contributed by atoms with van der Waals surface area (Å²) in [5.74, 6) is 2.98. The smallest absolute Gasteiger partial charge is 0.259 e. The highest BCUT2D eigenvalue weighted by Gasteiger charge is 2.17. The van der Waals surface area contributed by atoms with Gasteiger partial charge in [0.2, 0.25) is 0 Å². The monoisotopic (exact) mass is 379 g/mol. The maximum atomic E-state index is 5.44. The van der Waals surface area contributed by atoms with E-state index in [0.29, 0.717) is 18.1 Å². The van der Waals surface area contributed by atoms with E-state index in [4.69, 9.17) is 9.26 Å². The van der Waals surface area contributed by atoms with Gasteiger partial charge in [-0.15, -0.1) is 0 Å². The fraction of sp³-hybridized carbons (Fsp3) is 0.381. The van der Waals surface area contributed by atoms with Crippen LogP contribution in [-0.2, 0) is 6.42 Å². The maximum absolute atomic E-state index is 5.44. The molecule has 4 rings (SSSR count). The number of nitrogens with zero attached hydrogens (tertiary/aromatic N) is 5. The number of ether oxygens (including phenoxy) is 1. The van der Waals surface area contributed by atoms with Crippen molar-refractivity contribution in [2.45, 2.75) is 13.3 Å². The fourth-order valence-electron chi connectivity index (χ4n) is 3.36. The van der Waals surface area contributed by atoms with Crippen LogP contribution in [0.4, 0.5) is 5.82 Å². The average molecular weight is 379 g/mol. The second-order valence-corrected chi connectivity index (χ2v) is 6.87. The minimum absolute atomic E-state index is 0.498. The standard InChI is InChI=1S/C21H25N5O2/c1-3-25-10-12-26(13-11-25)20-9-6-17(15-22-20)21-23-19(24-28-21)14-16-4-7-18(27-2)8-5-16/h4-9,15H,3,10-14H2,1-2H3. The quantitative estimate of drug-likeness (QED) is 0.652. The molecule has 146 valence electrons. The summed E-state index contributed by atoms with van der Waals surface area (Å²) in [5, 5.41) is 4.10. The normalized spacial score (nSPS) is 15.0. The molecule has 7 heteroatoms. The van der Waals surface area contributed by atoms with Crippen LogP contribution in [0.1, 0.15) is 18.3 Å². The molecule has 28 heavy (non-hydrogen) atoms. The van der Waals surface area contributed by atoms with Crippen molar-refractivity contribution >= 4 is 5.82 Å². The van der Waals surface area contributed by atoms with Gasteiger partial charge in [0.1, 0.15) is 11.6 Å². The van der Waals surface area contributed by atoms with Crippen LogP contribution in [0, 0.1) is 0 Å². The van der Waals surface area contributed by atoms with Crippen molar-refractivity contribution in [1.82, 2.24) is 20.0 Å². The minimum Gasteiger partial charge on any atom is -0.497 e. The number of methoxy groups -OCH3 is 1. The lowest BCUT2D eigenvalue weighted by Gasteiger charge is -2.34. The number of anilines is 1. The number of piperazine rings is 1. The van der Waals surface area contributed by atoms with E-state index in [-0.39, 0.29) is 0 Å². The van der Waals surface area contributed by atoms with Gasteiger partial charge in [0.05, 0.1) is 12.7 Å². The first kappa shape index (κ1) is 18.4. The molecule has 0 bridgehead atoms. The molecule has 2 aromatic heterocycles. The zero-order valence-electron chi connectivity index (χ0n) is 16.3. The van der Waals surface area contributed by atoms with E-state index in [0.717, 1.165) is 55.4 Å². The average Bonchev–Trinajstić information content (AvgIpc) is 3.23. The zero-order valence-corrected chi connectivity index (χ0v) is 16.3. The highest BCUT2D eigenvalue weighted by Crippen LogP contribution is 2.21. The molecular weight excluding hydrogens is 354 g/mol. The SMILES string of the molecule is CCN1CCN(c2ccc(-c3nc(Cc4ccc(OC)cc4)no3)cn2)CC1. The minimum atomic E-state index is 0.498. The maximum Gasteiger partial charge on any atom is 0.259 e. The van der Waals surface area contributed by atoms with Crippen LogP contribution in [0.15, 0.2) is 47.1 Å². The van der Waals surface area contributed by atoms with Crippen LogP contribution in [0.2, 0.25) is 0 Å². The van der Waals surface area contributed by atoms with E-state index in [9.17, 15) is 0 Å². The van der Waals surface area contributed by atoms with Gasteiger partial charge in [0.15, 0.2) is 5.82 Å². The van der Waals surface area contributed by atoms with Gasteiger partial charge in [-0.25, -0.2) is 4.98 Å². The van der Waals surface area contributed by atoms with E-state index in [1.165, 1.54) is 0 Å². The van der Waals surface area contributed by atoms with Gasteiger partial charge in [0.25, 0.3) is 5.89 Å². The molecule has 0 aliphatic carbocycles. The molecule has 1 fully saturated rings. The van der Waals surface area contributed by atoms with Crippen molar-refractivity contribution in [2.75, 3.05) is 44.7 Å². The van der Waals surface area contributed by atoms with Crippen molar-refractivity contribution in [3.05, 3.63) is 54.0 Å². The molecule has 3 aromatic rings. The fourth-order valence-corrected chi connectivity index (χ4v) is 3.36. The molecule has 1 aliphatic heterocycles. The van der Waals surface area contributed by atoms with Crippen molar-refractivity contribution < 1.29 is 9.26 Å². The van der Waals surface area contributed by atoms with Gasteiger partial charge in [0, 0.05) is 38.8 Å². The Hall–Kier alpha value is -2.93. The molecule has 3 heterocycles. The number of likely N-dealkylation sites (N-methyl/N-ethyl adjacent to an activating group) is 1. The molecule has 0 atom stereocenters. The molecular formula is C21H25N5O2. The van der Waals surface area contributed by atoms with Crippen molar-refractivity contribution in [2.24, 2.45) is 0 Å². The first-order valence-corrected chi connectivity index (χ1v) is 9.64. The molecule has 1 saturated heterocycles. The van der Waals surface area contributed by atoms with E-state index in [1.807, 2.05) is 42.6 Å². The lowest BCUT2D eigenvalue weighted by Crippen LogP contribution is -2.46. The van der Waals surface area contributed by atoms with Crippen molar-refractivity contribution in [1.29, 1.82) is 0 Å². The van der Waals surface area contributed by atoms with Gasteiger partial charge in [-0.2, -0.15) is 4.98 Å². The second kappa shape index (κ2) is 8.39. The number of hydrogen-bond acceptors (Lipinski definition) is 7. The summed E-state index contributed by atoms with van der Waals surface area (Å²) in [7, 11) is 1.66. The molecule has 0 unspecified atom stereocenters. The second-order valence-electron chi connectivity index (χ2n) is 6.87. The molecule has 0 N–H and O–H groups in total. The number of benzene rings is 1. The third-order valence-corrected chi connectivity index (χ3v) is 5.13. The molecule has 0 saturated carbocycles.